The molecule has 2 aromatic heterocycles. The minimum Gasteiger partial charge on any atom is -0.334 e. The third-order valence-corrected chi connectivity index (χ3v) is 4.53. The maximum atomic E-state index is 12.5. The number of aromatic nitrogens is 3. The summed E-state index contributed by atoms with van der Waals surface area (Å²) >= 11 is 1.59. The molecule has 0 saturated carbocycles. The van der Waals surface area contributed by atoms with Crippen molar-refractivity contribution in [3.05, 3.63) is 39.9 Å². The summed E-state index contributed by atoms with van der Waals surface area (Å²) in [5.74, 6) is 0.890. The van der Waals surface area contributed by atoms with Crippen LogP contribution in [0.25, 0.3) is 0 Å². The van der Waals surface area contributed by atoms with E-state index >= 15 is 0 Å². The van der Waals surface area contributed by atoms with Crippen LogP contribution < -0.4 is 0 Å². The van der Waals surface area contributed by atoms with Gasteiger partial charge in [0.15, 0.2) is 0 Å². The van der Waals surface area contributed by atoms with E-state index in [9.17, 15) is 4.79 Å². The van der Waals surface area contributed by atoms with Crippen LogP contribution in [0.5, 0.6) is 0 Å². The van der Waals surface area contributed by atoms with Gasteiger partial charge in [-0.3, -0.25) is 4.79 Å². The predicted molar refractivity (Wildman–Crippen MR) is 81.0 cm³/mol. The number of amides is 1. The number of carbonyl (C=O) groups excluding carboxylic acids is 1. The van der Waals surface area contributed by atoms with E-state index in [0.717, 1.165) is 41.6 Å². The quantitative estimate of drug-likeness (QED) is 0.874. The first-order valence-electron chi connectivity index (χ1n) is 7.13. The average molecular weight is 302 g/mol. The summed E-state index contributed by atoms with van der Waals surface area (Å²) in [5, 5.41) is 2.97. The number of hydrogen-bond donors (Lipinski definition) is 0. The third kappa shape index (κ3) is 3.10. The minimum absolute atomic E-state index is 0.0823. The highest BCUT2D eigenvalue weighted by Gasteiger charge is 2.31. The Morgan fingerprint density at radius 3 is 3.00 bits per heavy atom. The Morgan fingerprint density at radius 2 is 2.29 bits per heavy atom. The van der Waals surface area contributed by atoms with E-state index < -0.39 is 0 Å². The van der Waals surface area contributed by atoms with Gasteiger partial charge in [-0.25, -0.2) is 15.0 Å². The summed E-state index contributed by atoms with van der Waals surface area (Å²) in [6, 6.07) is 2.00. The molecule has 0 N–H and O–H groups in total. The molecule has 3 rings (SSSR count). The lowest BCUT2D eigenvalue weighted by atomic mass is 10.1. The van der Waals surface area contributed by atoms with E-state index in [1.165, 1.54) is 0 Å². The number of hydrogen-bond acceptors (Lipinski definition) is 5. The maximum Gasteiger partial charge on any atom is 0.229 e. The molecule has 0 unspecified atom stereocenters. The summed E-state index contributed by atoms with van der Waals surface area (Å²) in [6.07, 6.45) is 4.14. The average Bonchev–Trinajstić information content (AvgIpc) is 3.07. The van der Waals surface area contributed by atoms with Gasteiger partial charge in [0.25, 0.3) is 0 Å². The third-order valence-electron chi connectivity index (χ3n) is 3.71. The molecule has 6 heteroatoms. The topological polar surface area (TPSA) is 59.0 Å². The van der Waals surface area contributed by atoms with Crippen LogP contribution in [0.3, 0.4) is 0 Å². The van der Waals surface area contributed by atoms with E-state index in [1.807, 2.05) is 30.2 Å². The minimum atomic E-state index is 0.0823. The first kappa shape index (κ1) is 14.1. The Balaban J connectivity index is 1.75. The van der Waals surface area contributed by atoms with Crippen LogP contribution in [0.1, 0.15) is 41.1 Å². The molecule has 0 radical (unpaired) electrons. The van der Waals surface area contributed by atoms with Crippen LogP contribution in [-0.4, -0.2) is 32.3 Å². The molecule has 1 fully saturated rings. The van der Waals surface area contributed by atoms with Gasteiger partial charge < -0.3 is 4.90 Å². The van der Waals surface area contributed by atoms with Crippen molar-refractivity contribution in [3.63, 3.8) is 0 Å². The first-order chi connectivity index (χ1) is 10.1. The number of nitrogens with zero attached hydrogens (tertiary/aromatic N) is 4. The van der Waals surface area contributed by atoms with Gasteiger partial charge in [0.05, 0.1) is 28.9 Å². The summed E-state index contributed by atoms with van der Waals surface area (Å²) < 4.78 is 0. The Bertz CT molecular complexity index is 655. The van der Waals surface area contributed by atoms with Crippen LogP contribution >= 0.6 is 11.3 Å². The molecule has 2 aromatic rings. The van der Waals surface area contributed by atoms with Crippen molar-refractivity contribution >= 4 is 17.2 Å². The Hall–Kier alpha value is -1.82. The molecule has 5 nitrogen and oxygen atoms in total. The smallest absolute Gasteiger partial charge is 0.229 e. The van der Waals surface area contributed by atoms with Crippen LogP contribution in [0.2, 0.25) is 0 Å². The second-order valence-corrected chi connectivity index (χ2v) is 6.37. The van der Waals surface area contributed by atoms with Crippen molar-refractivity contribution in [2.45, 2.75) is 39.2 Å². The monoisotopic (exact) mass is 302 g/mol. The molecule has 21 heavy (non-hydrogen) atoms. The highest BCUT2D eigenvalue weighted by molar-refractivity contribution is 7.09. The molecule has 0 aliphatic carbocycles. The molecular formula is C15H18N4OS. The SMILES string of the molecule is Cc1nccc([C@@H]2CCCN2C(=O)Cc2csc(C)n2)n1. The summed E-state index contributed by atoms with van der Waals surface area (Å²) in [7, 11) is 0. The van der Waals surface area contributed by atoms with Gasteiger partial charge in [0, 0.05) is 18.1 Å². The van der Waals surface area contributed by atoms with Crippen molar-refractivity contribution in [1.29, 1.82) is 0 Å². The lowest BCUT2D eigenvalue weighted by Crippen LogP contribution is -2.32. The molecule has 1 atom stereocenters. The van der Waals surface area contributed by atoms with Gasteiger partial charge in [-0.15, -0.1) is 11.3 Å². The molecule has 1 amide bonds. The zero-order valence-electron chi connectivity index (χ0n) is 12.2. The number of aryl methyl sites for hydroxylation is 2. The normalized spacial score (nSPS) is 18.2. The molecular weight excluding hydrogens is 284 g/mol. The molecule has 1 aliphatic heterocycles. The lowest BCUT2D eigenvalue weighted by molar-refractivity contribution is -0.131. The maximum absolute atomic E-state index is 12.5. The highest BCUT2D eigenvalue weighted by Crippen LogP contribution is 2.31. The van der Waals surface area contributed by atoms with E-state index in [1.54, 1.807) is 17.5 Å². The molecule has 3 heterocycles. The second kappa shape index (κ2) is 5.89. The number of rotatable bonds is 3. The molecule has 0 bridgehead atoms. The zero-order valence-corrected chi connectivity index (χ0v) is 13.1. The first-order valence-corrected chi connectivity index (χ1v) is 8.01. The molecule has 1 saturated heterocycles. The van der Waals surface area contributed by atoms with Crippen molar-refractivity contribution in [2.24, 2.45) is 0 Å². The Morgan fingerprint density at radius 1 is 1.43 bits per heavy atom. The van der Waals surface area contributed by atoms with E-state index in [0.29, 0.717) is 6.42 Å². The van der Waals surface area contributed by atoms with Crippen LogP contribution in [0.4, 0.5) is 0 Å². The number of thiazole rings is 1. The summed E-state index contributed by atoms with van der Waals surface area (Å²) in [5.41, 5.74) is 1.81. The van der Waals surface area contributed by atoms with Crippen molar-refractivity contribution < 1.29 is 4.79 Å². The van der Waals surface area contributed by atoms with Gasteiger partial charge in [-0.2, -0.15) is 0 Å². The highest BCUT2D eigenvalue weighted by atomic mass is 32.1. The summed E-state index contributed by atoms with van der Waals surface area (Å²) in [4.78, 5) is 27.5. The Labute approximate surface area is 128 Å². The fourth-order valence-corrected chi connectivity index (χ4v) is 3.39. The number of likely N-dealkylation sites (tertiary alicyclic amines) is 1. The van der Waals surface area contributed by atoms with Gasteiger partial charge in [0.1, 0.15) is 5.82 Å². The standard InChI is InChI=1S/C15H18N4OS/c1-10-16-6-5-13(17-10)14-4-3-7-19(14)15(20)8-12-9-21-11(2)18-12/h5-6,9,14H,3-4,7-8H2,1-2H3/t14-/m0/s1. The van der Waals surface area contributed by atoms with Crippen LogP contribution in [-0.2, 0) is 11.2 Å². The van der Waals surface area contributed by atoms with Gasteiger partial charge >= 0.3 is 0 Å². The van der Waals surface area contributed by atoms with Crippen molar-refractivity contribution in [2.75, 3.05) is 6.54 Å². The van der Waals surface area contributed by atoms with Gasteiger partial charge in [0.2, 0.25) is 5.91 Å². The largest absolute Gasteiger partial charge is 0.334 e. The fourth-order valence-electron chi connectivity index (χ4n) is 2.78. The Kier molecular flexibility index (Phi) is 3.96. The molecule has 0 aromatic carbocycles. The molecule has 110 valence electrons. The van der Waals surface area contributed by atoms with E-state index in [2.05, 4.69) is 15.0 Å². The van der Waals surface area contributed by atoms with Crippen LogP contribution in [0.15, 0.2) is 17.6 Å². The summed E-state index contributed by atoms with van der Waals surface area (Å²) in [6.45, 7) is 4.64. The van der Waals surface area contributed by atoms with Crippen LogP contribution in [0, 0.1) is 13.8 Å². The zero-order chi connectivity index (χ0) is 14.8. The second-order valence-electron chi connectivity index (χ2n) is 5.31. The van der Waals surface area contributed by atoms with Gasteiger partial charge in [-0.1, -0.05) is 0 Å². The van der Waals surface area contributed by atoms with Crippen molar-refractivity contribution in [3.8, 4) is 0 Å². The van der Waals surface area contributed by atoms with Crippen molar-refractivity contribution in [1.82, 2.24) is 19.9 Å². The predicted octanol–water partition coefficient (Wildman–Crippen LogP) is 2.46. The molecule has 1 aliphatic rings. The number of carbonyl (C=O) groups is 1. The molecule has 0 spiro atoms. The lowest BCUT2D eigenvalue weighted by Gasteiger charge is -2.24. The fraction of sp³-hybridized carbons (Fsp3) is 0.467. The van der Waals surface area contributed by atoms with E-state index in [4.69, 9.17) is 0 Å². The van der Waals surface area contributed by atoms with E-state index in [-0.39, 0.29) is 11.9 Å². The van der Waals surface area contributed by atoms with Gasteiger partial charge in [-0.05, 0) is 32.8 Å².